The van der Waals surface area contributed by atoms with Crippen LogP contribution in [0.3, 0.4) is 0 Å². The molecule has 0 aliphatic heterocycles. The maximum Gasteiger partial charge on any atom is 0.376 e. The minimum atomic E-state index is -0.571. The molecule has 14 heavy (non-hydrogen) atoms. The van der Waals surface area contributed by atoms with Gasteiger partial charge in [0.2, 0.25) is 5.82 Å². The first-order valence-electron chi connectivity index (χ1n) is 3.90. The summed E-state index contributed by atoms with van der Waals surface area (Å²) in [6.45, 7) is 1.93. The zero-order valence-corrected chi connectivity index (χ0v) is 10.6. The van der Waals surface area contributed by atoms with Crippen LogP contribution in [0, 0.1) is 3.57 Å². The van der Waals surface area contributed by atoms with E-state index in [-0.39, 0.29) is 11.0 Å². The number of esters is 1. The molecule has 4 nitrogen and oxygen atoms in total. The molecule has 1 rings (SSSR count). The summed E-state index contributed by atoms with van der Waals surface area (Å²) < 4.78 is 5.28. The highest BCUT2D eigenvalue weighted by atomic mass is 127. The van der Waals surface area contributed by atoms with Crippen LogP contribution >= 0.6 is 34.2 Å². The molecule has 76 valence electrons. The number of hydrogen-bond acceptors (Lipinski definition) is 4. The van der Waals surface area contributed by atoms with E-state index in [0.29, 0.717) is 6.42 Å². The van der Waals surface area contributed by atoms with Crippen molar-refractivity contribution in [2.24, 2.45) is 0 Å². The fraction of sp³-hybridized carbons (Fsp3) is 0.375. The Balaban J connectivity index is 3.22. The molecule has 1 heterocycles. The van der Waals surface area contributed by atoms with Crippen LogP contribution in [0.5, 0.6) is 0 Å². The molecule has 0 spiro atoms. The number of ether oxygens (including phenoxy) is 1. The van der Waals surface area contributed by atoms with E-state index in [4.69, 9.17) is 11.6 Å². The molecule has 0 radical (unpaired) electrons. The van der Waals surface area contributed by atoms with E-state index in [1.807, 2.05) is 29.5 Å². The molecule has 0 N–H and O–H groups in total. The van der Waals surface area contributed by atoms with Gasteiger partial charge in [-0.25, -0.2) is 14.8 Å². The minimum Gasteiger partial charge on any atom is -0.463 e. The van der Waals surface area contributed by atoms with Crippen LogP contribution in [-0.2, 0) is 11.2 Å². The number of carbonyl (C=O) groups excluding carboxylic acids is 1. The maximum atomic E-state index is 11.1. The van der Waals surface area contributed by atoms with Gasteiger partial charge in [-0.3, -0.25) is 0 Å². The highest BCUT2D eigenvalue weighted by molar-refractivity contribution is 14.1. The number of nitrogens with zero attached hydrogens (tertiary/aromatic N) is 2. The largest absolute Gasteiger partial charge is 0.463 e. The first kappa shape index (κ1) is 11.6. The van der Waals surface area contributed by atoms with Crippen LogP contribution in [0.15, 0.2) is 0 Å². The predicted octanol–water partition coefficient (Wildman–Crippen LogP) is 2.08. The number of rotatable bonds is 2. The first-order valence-corrected chi connectivity index (χ1v) is 5.36. The van der Waals surface area contributed by atoms with Crippen LogP contribution < -0.4 is 0 Å². The Morgan fingerprint density at radius 2 is 2.21 bits per heavy atom. The lowest BCUT2D eigenvalue weighted by Crippen LogP contribution is -2.10. The molecular weight excluding hydrogens is 318 g/mol. The fourth-order valence-corrected chi connectivity index (χ4v) is 1.69. The maximum absolute atomic E-state index is 11.1. The molecule has 1 aromatic rings. The molecule has 6 heteroatoms. The van der Waals surface area contributed by atoms with Gasteiger partial charge in [-0.1, -0.05) is 18.5 Å². The van der Waals surface area contributed by atoms with Crippen LogP contribution in [-0.4, -0.2) is 23.0 Å². The molecule has 0 bridgehead atoms. The van der Waals surface area contributed by atoms with Gasteiger partial charge in [-0.2, -0.15) is 0 Å². The van der Waals surface area contributed by atoms with Gasteiger partial charge in [-0.15, -0.1) is 0 Å². The minimum absolute atomic E-state index is 0.00904. The molecule has 0 aromatic carbocycles. The Bertz CT molecular complexity index is 371. The van der Waals surface area contributed by atoms with Crippen molar-refractivity contribution >= 4 is 40.2 Å². The summed E-state index contributed by atoms with van der Waals surface area (Å²) in [5, 5.41) is 0.290. The molecule has 0 fully saturated rings. The number of halogens is 2. The van der Waals surface area contributed by atoms with Gasteiger partial charge in [0.05, 0.1) is 16.4 Å². The van der Waals surface area contributed by atoms with Crippen molar-refractivity contribution in [2.75, 3.05) is 7.11 Å². The lowest BCUT2D eigenvalue weighted by atomic mass is 10.3. The lowest BCUT2D eigenvalue weighted by molar-refractivity contribution is 0.0586. The normalized spacial score (nSPS) is 10.0. The third-order valence-electron chi connectivity index (χ3n) is 1.58. The van der Waals surface area contributed by atoms with Crippen molar-refractivity contribution in [1.82, 2.24) is 9.97 Å². The van der Waals surface area contributed by atoms with Gasteiger partial charge in [0.1, 0.15) is 5.15 Å². The molecule has 0 atom stereocenters. The third-order valence-corrected chi connectivity index (χ3v) is 3.31. The summed E-state index contributed by atoms with van der Waals surface area (Å²) >= 11 is 7.88. The molecule has 0 saturated heterocycles. The quantitative estimate of drug-likeness (QED) is 0.474. The fourth-order valence-electron chi connectivity index (χ4n) is 0.880. The zero-order valence-electron chi connectivity index (χ0n) is 7.67. The van der Waals surface area contributed by atoms with E-state index in [2.05, 4.69) is 14.7 Å². The first-order chi connectivity index (χ1) is 6.60. The number of aryl methyl sites for hydroxylation is 1. The Kier molecular flexibility index (Phi) is 4.06. The van der Waals surface area contributed by atoms with Gasteiger partial charge in [0, 0.05) is 0 Å². The lowest BCUT2D eigenvalue weighted by Gasteiger charge is -2.04. The predicted molar refractivity (Wildman–Crippen MR) is 60.5 cm³/mol. The number of hydrogen-bond donors (Lipinski definition) is 0. The Labute approximate surface area is 100 Å². The molecule has 0 saturated carbocycles. The van der Waals surface area contributed by atoms with Crippen molar-refractivity contribution in [3.05, 3.63) is 20.2 Å². The van der Waals surface area contributed by atoms with Crippen LogP contribution in [0.1, 0.15) is 23.2 Å². The van der Waals surface area contributed by atoms with Gasteiger partial charge < -0.3 is 4.74 Å². The van der Waals surface area contributed by atoms with Crippen LogP contribution in [0.2, 0.25) is 5.15 Å². The topological polar surface area (TPSA) is 52.1 Å². The van der Waals surface area contributed by atoms with Gasteiger partial charge >= 0.3 is 5.97 Å². The standard InChI is InChI=1S/C8H8ClIN2O2/c1-3-4-5(10)6(9)12-7(11-4)8(13)14-2/h3H2,1-2H3. The Hall–Kier alpha value is -0.430. The SMILES string of the molecule is CCc1nc(C(=O)OC)nc(Cl)c1I. The third kappa shape index (κ3) is 2.33. The van der Waals surface area contributed by atoms with E-state index < -0.39 is 5.97 Å². The highest BCUT2D eigenvalue weighted by Gasteiger charge is 2.15. The second kappa shape index (κ2) is 4.88. The van der Waals surface area contributed by atoms with E-state index in [1.165, 1.54) is 7.11 Å². The van der Waals surface area contributed by atoms with Gasteiger partial charge in [0.15, 0.2) is 0 Å². The Morgan fingerprint density at radius 1 is 1.57 bits per heavy atom. The molecule has 1 aromatic heterocycles. The smallest absolute Gasteiger partial charge is 0.376 e. The zero-order chi connectivity index (χ0) is 10.7. The summed E-state index contributed by atoms with van der Waals surface area (Å²) in [6.07, 6.45) is 0.699. The molecule has 0 aliphatic carbocycles. The number of methoxy groups -OCH3 is 1. The summed E-state index contributed by atoms with van der Waals surface area (Å²) in [5.74, 6) is -0.562. The monoisotopic (exact) mass is 326 g/mol. The van der Waals surface area contributed by atoms with Crippen LogP contribution in [0.4, 0.5) is 0 Å². The van der Waals surface area contributed by atoms with E-state index in [1.54, 1.807) is 0 Å². The molecule has 0 aliphatic rings. The van der Waals surface area contributed by atoms with E-state index >= 15 is 0 Å². The van der Waals surface area contributed by atoms with Crippen molar-refractivity contribution < 1.29 is 9.53 Å². The van der Waals surface area contributed by atoms with Crippen molar-refractivity contribution in [3.63, 3.8) is 0 Å². The van der Waals surface area contributed by atoms with Gasteiger partial charge in [0.25, 0.3) is 0 Å². The van der Waals surface area contributed by atoms with Crippen molar-refractivity contribution in [3.8, 4) is 0 Å². The Morgan fingerprint density at radius 3 is 2.71 bits per heavy atom. The summed E-state index contributed by atoms with van der Waals surface area (Å²) in [7, 11) is 1.28. The van der Waals surface area contributed by atoms with E-state index in [9.17, 15) is 4.79 Å². The number of aromatic nitrogens is 2. The summed E-state index contributed by atoms with van der Waals surface area (Å²) in [4.78, 5) is 19.0. The number of carbonyl (C=O) groups is 1. The second-order valence-corrected chi connectivity index (χ2v) is 3.88. The van der Waals surface area contributed by atoms with Crippen molar-refractivity contribution in [2.45, 2.75) is 13.3 Å². The molecule has 0 amide bonds. The van der Waals surface area contributed by atoms with Crippen molar-refractivity contribution in [1.29, 1.82) is 0 Å². The summed E-state index contributed by atoms with van der Waals surface area (Å²) in [5.41, 5.74) is 0.756. The van der Waals surface area contributed by atoms with E-state index in [0.717, 1.165) is 9.26 Å². The highest BCUT2D eigenvalue weighted by Crippen LogP contribution is 2.19. The van der Waals surface area contributed by atoms with Crippen LogP contribution in [0.25, 0.3) is 0 Å². The molecular formula is C8H8ClIN2O2. The second-order valence-electron chi connectivity index (χ2n) is 2.44. The average molecular weight is 327 g/mol. The average Bonchev–Trinajstić information content (AvgIpc) is 2.20. The molecule has 0 unspecified atom stereocenters. The van der Waals surface area contributed by atoms with Gasteiger partial charge in [-0.05, 0) is 29.0 Å². The summed E-state index contributed by atoms with van der Waals surface area (Å²) in [6, 6.07) is 0.